The minimum Gasteiger partial charge on any atom is -0.344 e. The Kier molecular flexibility index (Phi) is 5.20. The molecule has 0 bridgehead atoms. The maximum absolute atomic E-state index is 12.3. The van der Waals surface area contributed by atoms with Crippen molar-refractivity contribution in [2.45, 2.75) is 6.42 Å². The van der Waals surface area contributed by atoms with E-state index in [0.717, 1.165) is 12.2 Å². The molecule has 1 aromatic rings. The van der Waals surface area contributed by atoms with Gasteiger partial charge in [0.1, 0.15) is 0 Å². The van der Waals surface area contributed by atoms with E-state index in [-0.39, 0.29) is 24.2 Å². The molecule has 1 aliphatic rings. The van der Waals surface area contributed by atoms with Crippen molar-refractivity contribution in [3.8, 4) is 0 Å². The van der Waals surface area contributed by atoms with Gasteiger partial charge in [0.2, 0.25) is 11.8 Å². The lowest BCUT2D eigenvalue weighted by Gasteiger charge is -2.21. The van der Waals surface area contributed by atoms with Crippen LogP contribution in [0.2, 0.25) is 5.02 Å². The molecule has 2 rings (SSSR count). The Morgan fingerprint density at radius 3 is 2.71 bits per heavy atom. The van der Waals surface area contributed by atoms with Crippen molar-refractivity contribution in [2.24, 2.45) is 5.92 Å². The van der Waals surface area contributed by atoms with Gasteiger partial charge in [0.25, 0.3) is 0 Å². The normalized spacial score (nSPS) is 18.1. The zero-order chi connectivity index (χ0) is 15.4. The Morgan fingerprint density at radius 1 is 1.43 bits per heavy atom. The highest BCUT2D eigenvalue weighted by Crippen LogP contribution is 2.27. The predicted molar refractivity (Wildman–Crippen MR) is 83.5 cm³/mol. The molecular weight excluding hydrogens is 290 g/mol. The molecule has 0 radical (unpaired) electrons. The van der Waals surface area contributed by atoms with E-state index >= 15 is 0 Å². The van der Waals surface area contributed by atoms with Crippen LogP contribution >= 0.6 is 11.6 Å². The van der Waals surface area contributed by atoms with Gasteiger partial charge in [-0.05, 0) is 31.3 Å². The number of halogens is 1. The minimum absolute atomic E-state index is 0.0160. The van der Waals surface area contributed by atoms with Crippen molar-refractivity contribution in [1.29, 1.82) is 0 Å². The monoisotopic (exact) mass is 309 g/mol. The lowest BCUT2D eigenvalue weighted by molar-refractivity contribution is -0.134. The van der Waals surface area contributed by atoms with Crippen LogP contribution in [0, 0.1) is 5.92 Å². The Morgan fingerprint density at radius 2 is 2.10 bits per heavy atom. The number of rotatable bonds is 5. The SMILES string of the molecule is CNCCN(C)C(=O)C1CC(=O)N(c2ccc(Cl)cc2)C1. The summed E-state index contributed by atoms with van der Waals surface area (Å²) in [7, 11) is 3.62. The van der Waals surface area contributed by atoms with Crippen molar-refractivity contribution >= 4 is 29.1 Å². The van der Waals surface area contributed by atoms with Gasteiger partial charge in [-0.3, -0.25) is 9.59 Å². The van der Waals surface area contributed by atoms with Crippen LogP contribution < -0.4 is 10.2 Å². The third kappa shape index (κ3) is 3.74. The average molecular weight is 310 g/mol. The fourth-order valence-electron chi connectivity index (χ4n) is 2.44. The summed E-state index contributed by atoms with van der Waals surface area (Å²) in [6.45, 7) is 1.81. The fourth-order valence-corrected chi connectivity index (χ4v) is 2.57. The van der Waals surface area contributed by atoms with Gasteiger partial charge in [0.05, 0.1) is 5.92 Å². The van der Waals surface area contributed by atoms with E-state index in [4.69, 9.17) is 11.6 Å². The molecule has 1 atom stereocenters. The first-order valence-corrected chi connectivity index (χ1v) is 7.36. The number of anilines is 1. The topological polar surface area (TPSA) is 52.7 Å². The summed E-state index contributed by atoms with van der Waals surface area (Å²) in [4.78, 5) is 27.8. The molecule has 0 aromatic heterocycles. The van der Waals surface area contributed by atoms with E-state index in [9.17, 15) is 9.59 Å². The molecular formula is C15H20ClN3O2. The predicted octanol–water partition coefficient (Wildman–Crippen LogP) is 1.37. The largest absolute Gasteiger partial charge is 0.344 e. The van der Waals surface area contributed by atoms with Crippen LogP contribution in [0.3, 0.4) is 0 Å². The smallest absolute Gasteiger partial charge is 0.227 e. The molecule has 2 amide bonds. The number of hydrogen-bond donors (Lipinski definition) is 1. The highest BCUT2D eigenvalue weighted by molar-refractivity contribution is 6.30. The first-order chi connectivity index (χ1) is 10.0. The second-order valence-electron chi connectivity index (χ2n) is 5.25. The number of nitrogens with one attached hydrogen (secondary N) is 1. The van der Waals surface area contributed by atoms with Crippen LogP contribution in [-0.2, 0) is 9.59 Å². The Labute approximate surface area is 129 Å². The second-order valence-corrected chi connectivity index (χ2v) is 5.68. The summed E-state index contributed by atoms with van der Waals surface area (Å²) < 4.78 is 0. The number of likely N-dealkylation sites (N-methyl/N-ethyl adjacent to an activating group) is 2. The molecule has 1 aliphatic heterocycles. The van der Waals surface area contributed by atoms with Crippen LogP contribution in [-0.4, -0.2) is 50.4 Å². The standard InChI is InChI=1S/C15H20ClN3O2/c1-17-7-8-18(2)15(21)11-9-14(20)19(10-11)13-5-3-12(16)4-6-13/h3-6,11,17H,7-10H2,1-2H3. The van der Waals surface area contributed by atoms with E-state index < -0.39 is 0 Å². The summed E-state index contributed by atoms with van der Waals surface area (Å²) in [5.41, 5.74) is 0.789. The van der Waals surface area contributed by atoms with Crippen LogP contribution in [0.1, 0.15) is 6.42 Å². The van der Waals surface area contributed by atoms with Gasteiger partial charge in [0, 0.05) is 43.8 Å². The molecule has 1 aromatic carbocycles. The minimum atomic E-state index is -0.268. The molecule has 1 unspecified atom stereocenters. The number of carbonyl (C=O) groups excluding carboxylic acids is 2. The number of benzene rings is 1. The first kappa shape index (κ1) is 15.8. The molecule has 5 nitrogen and oxygen atoms in total. The zero-order valence-corrected chi connectivity index (χ0v) is 13.1. The van der Waals surface area contributed by atoms with Crippen LogP contribution in [0.5, 0.6) is 0 Å². The molecule has 0 saturated carbocycles. The summed E-state index contributed by atoms with van der Waals surface area (Å²) in [6.07, 6.45) is 0.269. The van der Waals surface area contributed by atoms with Crippen molar-refractivity contribution in [3.05, 3.63) is 29.3 Å². The molecule has 1 heterocycles. The number of nitrogens with zero attached hydrogens (tertiary/aromatic N) is 2. The fraction of sp³-hybridized carbons (Fsp3) is 0.467. The maximum Gasteiger partial charge on any atom is 0.227 e. The lowest BCUT2D eigenvalue weighted by atomic mass is 10.1. The van der Waals surface area contributed by atoms with Gasteiger partial charge in [-0.15, -0.1) is 0 Å². The summed E-state index contributed by atoms with van der Waals surface area (Å²) in [5, 5.41) is 3.64. The molecule has 0 aliphatic carbocycles. The van der Waals surface area contributed by atoms with Crippen molar-refractivity contribution in [1.82, 2.24) is 10.2 Å². The third-order valence-corrected chi connectivity index (χ3v) is 3.94. The Hall–Kier alpha value is -1.59. The second kappa shape index (κ2) is 6.91. The Balaban J connectivity index is 2.02. The van der Waals surface area contributed by atoms with Crippen molar-refractivity contribution < 1.29 is 9.59 Å². The summed E-state index contributed by atoms with van der Waals surface area (Å²) in [6, 6.07) is 7.10. The molecule has 1 fully saturated rings. The molecule has 1 N–H and O–H groups in total. The quantitative estimate of drug-likeness (QED) is 0.894. The summed E-state index contributed by atoms with van der Waals surface area (Å²) >= 11 is 5.85. The van der Waals surface area contributed by atoms with E-state index in [1.807, 2.05) is 7.05 Å². The van der Waals surface area contributed by atoms with E-state index in [1.165, 1.54) is 0 Å². The molecule has 6 heteroatoms. The van der Waals surface area contributed by atoms with Crippen LogP contribution in [0.25, 0.3) is 0 Å². The Bertz CT molecular complexity index is 518. The van der Waals surface area contributed by atoms with E-state index in [2.05, 4.69) is 5.32 Å². The van der Waals surface area contributed by atoms with Crippen LogP contribution in [0.15, 0.2) is 24.3 Å². The first-order valence-electron chi connectivity index (χ1n) is 6.98. The number of amides is 2. The van der Waals surface area contributed by atoms with Gasteiger partial charge in [0.15, 0.2) is 0 Å². The summed E-state index contributed by atoms with van der Waals surface area (Å²) in [5.74, 6) is -0.261. The number of carbonyl (C=O) groups is 2. The molecule has 114 valence electrons. The zero-order valence-electron chi connectivity index (χ0n) is 12.3. The van der Waals surface area contributed by atoms with Gasteiger partial charge in [-0.1, -0.05) is 11.6 Å². The molecule has 21 heavy (non-hydrogen) atoms. The third-order valence-electron chi connectivity index (χ3n) is 3.69. The van der Waals surface area contributed by atoms with Crippen molar-refractivity contribution in [3.63, 3.8) is 0 Å². The lowest BCUT2D eigenvalue weighted by Crippen LogP contribution is -2.38. The van der Waals surface area contributed by atoms with E-state index in [0.29, 0.717) is 18.1 Å². The highest BCUT2D eigenvalue weighted by Gasteiger charge is 2.36. The molecule has 1 saturated heterocycles. The van der Waals surface area contributed by atoms with Crippen LogP contribution in [0.4, 0.5) is 5.69 Å². The van der Waals surface area contributed by atoms with Crippen molar-refractivity contribution in [2.75, 3.05) is 38.6 Å². The maximum atomic E-state index is 12.3. The number of hydrogen-bond acceptors (Lipinski definition) is 3. The van der Waals surface area contributed by atoms with Gasteiger partial charge >= 0.3 is 0 Å². The molecule has 0 spiro atoms. The average Bonchev–Trinajstić information content (AvgIpc) is 2.86. The van der Waals surface area contributed by atoms with Gasteiger partial charge in [-0.25, -0.2) is 0 Å². The highest BCUT2D eigenvalue weighted by atomic mass is 35.5. The van der Waals surface area contributed by atoms with Gasteiger partial charge < -0.3 is 15.1 Å². The van der Waals surface area contributed by atoms with E-state index in [1.54, 1.807) is 41.1 Å². The van der Waals surface area contributed by atoms with Gasteiger partial charge in [-0.2, -0.15) is 0 Å².